The van der Waals surface area contributed by atoms with E-state index in [4.69, 9.17) is 4.74 Å². The number of phenols is 4. The van der Waals surface area contributed by atoms with Crippen molar-refractivity contribution >= 4 is 5.78 Å². The number of phenolic OH excluding ortho intramolecular Hbond substituents is 4. The van der Waals surface area contributed by atoms with Gasteiger partial charge in [0, 0.05) is 12.1 Å². The molecule has 0 fully saturated rings. The molecule has 2 atom stereocenters. The highest BCUT2D eigenvalue weighted by Gasteiger charge is 2.43. The molecule has 2 aromatic carbocycles. The van der Waals surface area contributed by atoms with Gasteiger partial charge in [0.15, 0.2) is 5.78 Å². The number of hydrogen-bond acceptors (Lipinski definition) is 6. The normalized spacial score (nSPS) is 18.4. The lowest BCUT2D eigenvalue weighted by Crippen LogP contribution is -2.36. The first kappa shape index (κ1) is 23.3. The first-order valence-corrected chi connectivity index (χ1v) is 10.5. The number of carbonyl (C=O) groups excluding carboxylic acids is 1. The summed E-state index contributed by atoms with van der Waals surface area (Å²) in [6, 6.07) is 5.44. The number of ketones is 1. The molecule has 170 valence electrons. The van der Waals surface area contributed by atoms with Crippen molar-refractivity contribution in [3.63, 3.8) is 0 Å². The van der Waals surface area contributed by atoms with Crippen molar-refractivity contribution in [1.82, 2.24) is 0 Å². The molecule has 0 aromatic heterocycles. The standard InChI is InChI=1S/C26H30O6/c1-14(2)6-7-17(15(3)4)8-16-9-20(29)25(21(30)10-16)26(5)13-22(31)24-19(28)11-18(27)12-23(24)32-26/h6,9-12,17,27-30H,3,7-8,13H2,1-2,4-5H3/t17-,26-/m0/s1. The predicted octanol–water partition coefficient (Wildman–Crippen LogP) is 5.48. The molecule has 6 heteroatoms. The maximum absolute atomic E-state index is 12.7. The molecule has 0 bridgehead atoms. The van der Waals surface area contributed by atoms with Crippen molar-refractivity contribution in [2.75, 3.05) is 0 Å². The minimum Gasteiger partial charge on any atom is -0.508 e. The van der Waals surface area contributed by atoms with Gasteiger partial charge < -0.3 is 25.2 Å². The molecule has 2 aromatic rings. The Labute approximate surface area is 188 Å². The number of rotatable bonds is 6. The van der Waals surface area contributed by atoms with Crippen LogP contribution < -0.4 is 4.74 Å². The topological polar surface area (TPSA) is 107 Å². The first-order valence-electron chi connectivity index (χ1n) is 10.5. The van der Waals surface area contributed by atoms with E-state index in [1.54, 1.807) is 19.1 Å². The lowest BCUT2D eigenvalue weighted by molar-refractivity contribution is 0.0469. The van der Waals surface area contributed by atoms with Crippen molar-refractivity contribution < 1.29 is 30.0 Å². The number of aromatic hydroxyl groups is 4. The molecule has 0 spiro atoms. The van der Waals surface area contributed by atoms with Gasteiger partial charge in [-0.2, -0.15) is 0 Å². The van der Waals surface area contributed by atoms with Crippen LogP contribution in [0.1, 0.15) is 62.0 Å². The van der Waals surface area contributed by atoms with E-state index in [1.165, 1.54) is 11.6 Å². The lowest BCUT2D eigenvalue weighted by Gasteiger charge is -2.36. The largest absolute Gasteiger partial charge is 0.508 e. The van der Waals surface area contributed by atoms with Gasteiger partial charge in [-0.25, -0.2) is 0 Å². The van der Waals surface area contributed by atoms with E-state index >= 15 is 0 Å². The van der Waals surface area contributed by atoms with Crippen LogP contribution in [0, 0.1) is 5.92 Å². The van der Waals surface area contributed by atoms with E-state index < -0.39 is 11.4 Å². The quantitative estimate of drug-likeness (QED) is 0.445. The third kappa shape index (κ3) is 4.59. The Hall–Kier alpha value is -3.41. The number of Topliss-reactive ketones (excluding diaryl/α,β-unsaturated/α-hetero) is 1. The van der Waals surface area contributed by atoms with Gasteiger partial charge in [0.05, 0.1) is 12.0 Å². The number of fused-ring (bicyclic) bond motifs is 1. The Kier molecular flexibility index (Phi) is 6.26. The van der Waals surface area contributed by atoms with Crippen molar-refractivity contribution in [1.29, 1.82) is 0 Å². The van der Waals surface area contributed by atoms with Gasteiger partial charge in [-0.15, -0.1) is 0 Å². The highest BCUT2D eigenvalue weighted by molar-refractivity contribution is 6.03. The molecule has 0 amide bonds. The van der Waals surface area contributed by atoms with Gasteiger partial charge in [-0.3, -0.25) is 4.79 Å². The van der Waals surface area contributed by atoms with E-state index in [9.17, 15) is 25.2 Å². The van der Waals surface area contributed by atoms with Gasteiger partial charge in [0.2, 0.25) is 0 Å². The van der Waals surface area contributed by atoms with Gasteiger partial charge in [-0.1, -0.05) is 23.8 Å². The van der Waals surface area contributed by atoms with Gasteiger partial charge in [-0.05, 0) is 64.2 Å². The molecule has 0 radical (unpaired) electrons. The highest BCUT2D eigenvalue weighted by Crippen LogP contribution is 2.49. The predicted molar refractivity (Wildman–Crippen MR) is 123 cm³/mol. The van der Waals surface area contributed by atoms with Crippen LogP contribution in [0.5, 0.6) is 28.7 Å². The Morgan fingerprint density at radius 2 is 1.72 bits per heavy atom. The minimum absolute atomic E-state index is 0.00630. The fourth-order valence-electron chi connectivity index (χ4n) is 4.21. The SMILES string of the molecule is C=C(C)[C@@H](CC=C(C)C)Cc1cc(O)c([C@]2(C)CC(=O)c3c(O)cc(O)cc3O2)c(O)c1. The van der Waals surface area contributed by atoms with E-state index in [1.807, 2.05) is 20.8 Å². The molecule has 0 aliphatic carbocycles. The fraction of sp³-hybridized carbons (Fsp3) is 0.346. The van der Waals surface area contributed by atoms with Crippen molar-refractivity contribution in [3.8, 4) is 28.7 Å². The Morgan fingerprint density at radius 3 is 2.28 bits per heavy atom. The van der Waals surface area contributed by atoms with E-state index in [-0.39, 0.29) is 52.2 Å². The van der Waals surface area contributed by atoms with Crippen molar-refractivity contribution in [2.24, 2.45) is 5.92 Å². The summed E-state index contributed by atoms with van der Waals surface area (Å²) in [4.78, 5) is 12.7. The van der Waals surface area contributed by atoms with E-state index in [0.717, 1.165) is 23.6 Å². The molecular weight excluding hydrogens is 408 g/mol. The third-order valence-corrected chi connectivity index (χ3v) is 5.85. The van der Waals surface area contributed by atoms with Gasteiger partial charge in [0.1, 0.15) is 39.9 Å². The zero-order chi connectivity index (χ0) is 23.8. The van der Waals surface area contributed by atoms with Crippen molar-refractivity contribution in [3.05, 3.63) is 64.8 Å². The average Bonchev–Trinajstić information content (AvgIpc) is 2.62. The van der Waals surface area contributed by atoms with Crippen LogP contribution in [0.4, 0.5) is 0 Å². The van der Waals surface area contributed by atoms with E-state index in [0.29, 0.717) is 6.42 Å². The Bertz CT molecular complexity index is 1090. The molecule has 1 heterocycles. The second-order valence-corrected chi connectivity index (χ2v) is 9.04. The van der Waals surface area contributed by atoms with Gasteiger partial charge in [0.25, 0.3) is 0 Å². The molecular formula is C26H30O6. The maximum atomic E-state index is 12.7. The first-order chi connectivity index (χ1) is 14.9. The number of benzene rings is 2. The van der Waals surface area contributed by atoms with Crippen LogP contribution in [-0.4, -0.2) is 26.2 Å². The van der Waals surface area contributed by atoms with Crippen LogP contribution in [0.3, 0.4) is 0 Å². The maximum Gasteiger partial charge on any atom is 0.174 e. The number of ether oxygens (including phenoxy) is 1. The molecule has 4 N–H and O–H groups in total. The summed E-state index contributed by atoms with van der Waals surface area (Å²) in [5.74, 6) is -1.29. The van der Waals surface area contributed by atoms with Gasteiger partial charge >= 0.3 is 0 Å². The summed E-state index contributed by atoms with van der Waals surface area (Å²) >= 11 is 0. The molecule has 1 aliphatic heterocycles. The summed E-state index contributed by atoms with van der Waals surface area (Å²) in [7, 11) is 0. The van der Waals surface area contributed by atoms with Crippen LogP contribution in [0.2, 0.25) is 0 Å². The number of carbonyl (C=O) groups is 1. The molecule has 6 nitrogen and oxygen atoms in total. The molecule has 0 saturated carbocycles. The highest BCUT2D eigenvalue weighted by atomic mass is 16.5. The average molecular weight is 439 g/mol. The van der Waals surface area contributed by atoms with Crippen molar-refractivity contribution in [2.45, 2.75) is 52.6 Å². The van der Waals surface area contributed by atoms with Crippen LogP contribution in [-0.2, 0) is 12.0 Å². The number of allylic oxidation sites excluding steroid dienone is 3. The summed E-state index contributed by atoms with van der Waals surface area (Å²) in [5.41, 5.74) is 1.63. The monoisotopic (exact) mass is 438 g/mol. The molecule has 3 rings (SSSR count). The smallest absolute Gasteiger partial charge is 0.174 e. The summed E-state index contributed by atoms with van der Waals surface area (Å²) in [6.45, 7) is 11.7. The Morgan fingerprint density at radius 1 is 1.09 bits per heavy atom. The third-order valence-electron chi connectivity index (χ3n) is 5.85. The summed E-state index contributed by atoms with van der Waals surface area (Å²) in [6.07, 6.45) is 3.33. The van der Waals surface area contributed by atoms with E-state index in [2.05, 4.69) is 12.7 Å². The molecule has 0 unspecified atom stereocenters. The molecule has 32 heavy (non-hydrogen) atoms. The van der Waals surface area contributed by atoms with Crippen LogP contribution >= 0.6 is 0 Å². The minimum atomic E-state index is -1.38. The van der Waals surface area contributed by atoms with Crippen LogP contribution in [0.25, 0.3) is 0 Å². The zero-order valence-corrected chi connectivity index (χ0v) is 18.9. The zero-order valence-electron chi connectivity index (χ0n) is 18.9. The lowest BCUT2D eigenvalue weighted by atomic mass is 9.83. The fourth-order valence-corrected chi connectivity index (χ4v) is 4.21. The molecule has 1 aliphatic rings. The second kappa shape index (κ2) is 8.61. The summed E-state index contributed by atoms with van der Waals surface area (Å²) < 4.78 is 5.94. The Balaban J connectivity index is 1.96. The second-order valence-electron chi connectivity index (χ2n) is 9.04. The molecule has 0 saturated heterocycles. The van der Waals surface area contributed by atoms with Crippen LogP contribution in [0.15, 0.2) is 48.1 Å². The number of hydrogen-bond donors (Lipinski definition) is 4. The summed E-state index contributed by atoms with van der Waals surface area (Å²) in [5, 5.41) is 41.5.